The van der Waals surface area contributed by atoms with Crippen LogP contribution in [0.4, 0.5) is 15.9 Å². The second-order valence-electron chi connectivity index (χ2n) is 8.85. The van der Waals surface area contributed by atoms with Crippen LogP contribution in [0.2, 0.25) is 0 Å². The van der Waals surface area contributed by atoms with Gasteiger partial charge in [0, 0.05) is 43.2 Å². The number of benzene rings is 2. The lowest BCUT2D eigenvalue weighted by molar-refractivity contribution is 0.193. The van der Waals surface area contributed by atoms with Crippen molar-refractivity contribution in [3.05, 3.63) is 59.7 Å². The largest absolute Gasteiger partial charge is 0.493 e. The van der Waals surface area contributed by atoms with E-state index in [4.69, 9.17) is 9.47 Å². The first-order valence-corrected chi connectivity index (χ1v) is 12.2. The van der Waals surface area contributed by atoms with Crippen molar-refractivity contribution in [2.45, 2.75) is 39.8 Å². The summed E-state index contributed by atoms with van der Waals surface area (Å²) in [5.74, 6) is 3.70. The van der Waals surface area contributed by atoms with E-state index in [1.54, 1.807) is 26.2 Å². The van der Waals surface area contributed by atoms with E-state index in [-0.39, 0.29) is 5.82 Å². The molecule has 1 N–H and O–H groups in total. The van der Waals surface area contributed by atoms with E-state index in [1.807, 2.05) is 12.1 Å². The number of hydrogen-bond acceptors (Lipinski definition) is 8. The fourth-order valence-corrected chi connectivity index (χ4v) is 4.49. The molecule has 0 aliphatic carbocycles. The quantitative estimate of drug-likeness (QED) is 0.347. The van der Waals surface area contributed by atoms with Gasteiger partial charge in [-0.25, -0.2) is 14.4 Å². The average Bonchev–Trinajstić information content (AvgIpc) is 3.31. The summed E-state index contributed by atoms with van der Waals surface area (Å²) in [7, 11) is 1.62. The molecular formula is C26H30FN7O2. The lowest BCUT2D eigenvalue weighted by Gasteiger charge is -2.27. The maximum atomic E-state index is 13.7. The van der Waals surface area contributed by atoms with Gasteiger partial charge in [-0.05, 0) is 43.2 Å². The van der Waals surface area contributed by atoms with E-state index in [2.05, 4.69) is 41.9 Å². The Morgan fingerprint density at radius 1 is 1.08 bits per heavy atom. The Labute approximate surface area is 209 Å². The Balaban J connectivity index is 1.26. The zero-order valence-electron chi connectivity index (χ0n) is 20.8. The van der Waals surface area contributed by atoms with Crippen molar-refractivity contribution in [3.63, 3.8) is 0 Å². The highest BCUT2D eigenvalue weighted by molar-refractivity contribution is 5.93. The fraction of sp³-hybridized carbons (Fsp3) is 0.385. The molecule has 1 aliphatic heterocycles. The summed E-state index contributed by atoms with van der Waals surface area (Å²) in [6.45, 7) is 7.99. The van der Waals surface area contributed by atoms with Crippen LogP contribution in [0.5, 0.6) is 11.5 Å². The maximum Gasteiger partial charge on any atom is 0.162 e. The standard InChI is InChI=1S/C26H30FN7O2/c1-4-24-31-32-25-15-33(9-10-34(24)25)8-5-11-36-23-13-19-21(14-22(23)35-3)28-16-29-26(19)30-18-6-7-20(27)17(2)12-18/h6-7,12-14,16H,4-5,8-11,15H2,1-3H3,(H,28,29,30). The molecule has 1 aliphatic rings. The summed E-state index contributed by atoms with van der Waals surface area (Å²) in [5.41, 5.74) is 2.03. The molecule has 5 rings (SSSR count). The third-order valence-electron chi connectivity index (χ3n) is 6.44. The lowest BCUT2D eigenvalue weighted by Crippen LogP contribution is -2.35. The Bertz CT molecular complexity index is 1370. The summed E-state index contributed by atoms with van der Waals surface area (Å²) < 4.78 is 27.6. The number of halogens is 1. The number of hydrogen-bond donors (Lipinski definition) is 1. The molecule has 0 amide bonds. The number of fused-ring (bicyclic) bond motifs is 2. The molecule has 36 heavy (non-hydrogen) atoms. The minimum Gasteiger partial charge on any atom is -0.493 e. The summed E-state index contributed by atoms with van der Waals surface area (Å²) >= 11 is 0. The van der Waals surface area contributed by atoms with Gasteiger partial charge in [-0.1, -0.05) is 6.92 Å². The number of rotatable bonds is 9. The number of ether oxygens (including phenoxy) is 2. The number of aromatic nitrogens is 5. The van der Waals surface area contributed by atoms with Gasteiger partial charge in [-0.3, -0.25) is 4.90 Å². The molecule has 0 atom stereocenters. The van der Waals surface area contributed by atoms with Crippen molar-refractivity contribution in [1.29, 1.82) is 0 Å². The van der Waals surface area contributed by atoms with Crippen molar-refractivity contribution in [2.24, 2.45) is 0 Å². The highest BCUT2D eigenvalue weighted by atomic mass is 19.1. The number of nitrogens with zero attached hydrogens (tertiary/aromatic N) is 6. The smallest absolute Gasteiger partial charge is 0.162 e. The highest BCUT2D eigenvalue weighted by Crippen LogP contribution is 2.35. The van der Waals surface area contributed by atoms with Gasteiger partial charge in [0.05, 0.1) is 25.8 Å². The van der Waals surface area contributed by atoms with E-state index >= 15 is 0 Å². The van der Waals surface area contributed by atoms with Gasteiger partial charge in [0.2, 0.25) is 0 Å². The van der Waals surface area contributed by atoms with Crippen LogP contribution < -0.4 is 14.8 Å². The molecule has 0 saturated carbocycles. The normalized spacial score (nSPS) is 13.6. The van der Waals surface area contributed by atoms with Gasteiger partial charge in [-0.2, -0.15) is 0 Å². The first-order chi connectivity index (χ1) is 17.6. The number of aryl methyl sites for hydroxylation is 2. The molecule has 188 valence electrons. The first-order valence-electron chi connectivity index (χ1n) is 12.2. The summed E-state index contributed by atoms with van der Waals surface area (Å²) in [4.78, 5) is 11.2. The predicted octanol–water partition coefficient (Wildman–Crippen LogP) is 4.27. The summed E-state index contributed by atoms with van der Waals surface area (Å²) in [5, 5.41) is 12.7. The summed E-state index contributed by atoms with van der Waals surface area (Å²) in [6.07, 6.45) is 3.26. The van der Waals surface area contributed by atoms with Crippen LogP contribution in [0.25, 0.3) is 10.9 Å². The molecular weight excluding hydrogens is 461 g/mol. The minimum absolute atomic E-state index is 0.245. The van der Waals surface area contributed by atoms with E-state index in [1.165, 1.54) is 12.4 Å². The van der Waals surface area contributed by atoms with Crippen molar-refractivity contribution in [3.8, 4) is 11.5 Å². The summed E-state index contributed by atoms with van der Waals surface area (Å²) in [6, 6.07) is 8.60. The third-order valence-corrected chi connectivity index (χ3v) is 6.44. The van der Waals surface area contributed by atoms with Crippen LogP contribution in [0.3, 0.4) is 0 Å². The Morgan fingerprint density at radius 3 is 2.78 bits per heavy atom. The fourth-order valence-electron chi connectivity index (χ4n) is 4.49. The van der Waals surface area contributed by atoms with E-state index in [9.17, 15) is 4.39 Å². The zero-order chi connectivity index (χ0) is 25.1. The SMILES string of the molecule is CCc1nnc2n1CCN(CCCOc1cc3c(Nc4ccc(F)c(C)c4)ncnc3cc1OC)C2. The third kappa shape index (κ3) is 4.94. The molecule has 0 unspecified atom stereocenters. The van der Waals surface area contributed by atoms with E-state index < -0.39 is 0 Å². The van der Waals surface area contributed by atoms with Gasteiger partial charge in [-0.15, -0.1) is 10.2 Å². The molecule has 10 heteroatoms. The van der Waals surface area contributed by atoms with Crippen LogP contribution in [0.15, 0.2) is 36.7 Å². The molecule has 0 bridgehead atoms. The molecule has 2 aromatic carbocycles. The first kappa shape index (κ1) is 23.9. The van der Waals surface area contributed by atoms with Crippen LogP contribution in [-0.4, -0.2) is 56.4 Å². The number of anilines is 2. The van der Waals surface area contributed by atoms with Crippen molar-refractivity contribution < 1.29 is 13.9 Å². The van der Waals surface area contributed by atoms with Crippen LogP contribution >= 0.6 is 0 Å². The van der Waals surface area contributed by atoms with Crippen LogP contribution in [0, 0.1) is 12.7 Å². The second-order valence-corrected chi connectivity index (χ2v) is 8.85. The molecule has 0 fully saturated rings. The monoisotopic (exact) mass is 491 g/mol. The van der Waals surface area contributed by atoms with E-state index in [0.717, 1.165) is 67.3 Å². The van der Waals surface area contributed by atoms with Gasteiger partial charge >= 0.3 is 0 Å². The lowest BCUT2D eigenvalue weighted by atomic mass is 10.2. The van der Waals surface area contributed by atoms with Gasteiger partial charge < -0.3 is 19.4 Å². The molecule has 4 aromatic rings. The van der Waals surface area contributed by atoms with Crippen molar-refractivity contribution >= 4 is 22.4 Å². The second kappa shape index (κ2) is 10.4. The molecule has 2 aromatic heterocycles. The molecule has 3 heterocycles. The van der Waals surface area contributed by atoms with Crippen LogP contribution in [0.1, 0.15) is 30.6 Å². The molecule has 0 spiro atoms. The van der Waals surface area contributed by atoms with Crippen molar-refractivity contribution in [2.75, 3.05) is 32.1 Å². The Kier molecular flexibility index (Phi) is 6.95. The molecule has 9 nitrogen and oxygen atoms in total. The molecule has 0 radical (unpaired) electrons. The maximum absolute atomic E-state index is 13.7. The number of nitrogens with one attached hydrogen (secondary N) is 1. The Hall–Kier alpha value is -3.79. The average molecular weight is 492 g/mol. The van der Waals surface area contributed by atoms with E-state index in [0.29, 0.717) is 29.5 Å². The van der Waals surface area contributed by atoms with Gasteiger partial charge in [0.1, 0.15) is 29.6 Å². The van der Waals surface area contributed by atoms with Crippen molar-refractivity contribution in [1.82, 2.24) is 29.6 Å². The van der Waals surface area contributed by atoms with Gasteiger partial charge in [0.25, 0.3) is 0 Å². The van der Waals surface area contributed by atoms with Gasteiger partial charge in [0.15, 0.2) is 11.5 Å². The number of methoxy groups -OCH3 is 1. The highest BCUT2D eigenvalue weighted by Gasteiger charge is 2.20. The minimum atomic E-state index is -0.245. The van der Waals surface area contributed by atoms with Crippen LogP contribution in [-0.2, 0) is 19.5 Å². The Morgan fingerprint density at radius 2 is 1.97 bits per heavy atom. The predicted molar refractivity (Wildman–Crippen MR) is 135 cm³/mol. The zero-order valence-corrected chi connectivity index (χ0v) is 20.8. The topological polar surface area (TPSA) is 90.2 Å². The molecule has 0 saturated heterocycles.